The van der Waals surface area contributed by atoms with Crippen molar-refractivity contribution in [3.05, 3.63) is 75.1 Å². The molecule has 2 aromatic carbocycles. The molecule has 1 aliphatic rings. The Balaban J connectivity index is 1.72. The number of carbonyl (C=O) groups excluding carboxylic acids is 1. The monoisotopic (exact) mass is 403 g/mol. The molecule has 23 heavy (non-hydrogen) atoms. The van der Waals surface area contributed by atoms with E-state index < -0.39 is 0 Å². The lowest BCUT2D eigenvalue weighted by atomic mass is 10.1. The van der Waals surface area contributed by atoms with Crippen LogP contribution < -0.4 is 0 Å². The molecule has 0 N–H and O–H groups in total. The van der Waals surface area contributed by atoms with Gasteiger partial charge in [0.1, 0.15) is 4.32 Å². The van der Waals surface area contributed by atoms with E-state index in [0.29, 0.717) is 15.8 Å². The van der Waals surface area contributed by atoms with Crippen molar-refractivity contribution in [2.24, 2.45) is 0 Å². The Bertz CT molecular complexity index is 774. The molecule has 5 heteroatoms. The van der Waals surface area contributed by atoms with Crippen LogP contribution in [0.5, 0.6) is 0 Å². The molecule has 0 saturated carbocycles. The summed E-state index contributed by atoms with van der Waals surface area (Å²) in [6.45, 7) is 0.616. The number of benzene rings is 2. The van der Waals surface area contributed by atoms with Gasteiger partial charge in [0.15, 0.2) is 0 Å². The third kappa shape index (κ3) is 4.10. The minimum Gasteiger partial charge on any atom is -0.293 e. The summed E-state index contributed by atoms with van der Waals surface area (Å²) < 4.78 is 1.62. The number of thiocarbonyl (C=S) groups is 1. The molecule has 1 saturated heterocycles. The van der Waals surface area contributed by atoms with Crippen molar-refractivity contribution in [3.63, 3.8) is 0 Å². The number of hydrogen-bond donors (Lipinski definition) is 0. The molecule has 1 aliphatic heterocycles. The Morgan fingerprint density at radius 1 is 1.13 bits per heavy atom. The molecule has 0 aromatic heterocycles. The summed E-state index contributed by atoms with van der Waals surface area (Å²) >= 11 is 10.2. The second-order valence-electron chi connectivity index (χ2n) is 5.12. The van der Waals surface area contributed by atoms with Gasteiger partial charge in [-0.3, -0.25) is 9.69 Å². The van der Waals surface area contributed by atoms with Crippen molar-refractivity contribution in [2.75, 3.05) is 6.54 Å². The highest BCUT2D eigenvalue weighted by atomic mass is 79.9. The molecule has 0 unspecified atom stereocenters. The van der Waals surface area contributed by atoms with Crippen LogP contribution in [0, 0.1) is 0 Å². The molecule has 3 rings (SSSR count). The topological polar surface area (TPSA) is 20.3 Å². The number of carbonyl (C=O) groups is 1. The predicted molar refractivity (Wildman–Crippen MR) is 104 cm³/mol. The summed E-state index contributed by atoms with van der Waals surface area (Å²) in [5, 5.41) is 0. The van der Waals surface area contributed by atoms with E-state index in [1.54, 1.807) is 4.90 Å². The van der Waals surface area contributed by atoms with Gasteiger partial charge >= 0.3 is 0 Å². The first-order valence-electron chi connectivity index (χ1n) is 7.18. The summed E-state index contributed by atoms with van der Waals surface area (Å²) in [5.74, 6) is -0.00379. The zero-order chi connectivity index (χ0) is 16.2. The lowest BCUT2D eigenvalue weighted by molar-refractivity contribution is -0.122. The number of rotatable bonds is 4. The van der Waals surface area contributed by atoms with Gasteiger partial charge in [0.05, 0.1) is 4.91 Å². The Labute approximate surface area is 153 Å². The number of hydrogen-bond acceptors (Lipinski definition) is 3. The van der Waals surface area contributed by atoms with Gasteiger partial charge in [0.2, 0.25) is 0 Å². The van der Waals surface area contributed by atoms with Crippen LogP contribution in [0.3, 0.4) is 0 Å². The average Bonchev–Trinajstić information content (AvgIpc) is 2.80. The minimum absolute atomic E-state index is 0.00379. The van der Waals surface area contributed by atoms with Crippen LogP contribution >= 0.6 is 39.9 Å². The quantitative estimate of drug-likeness (QED) is 0.535. The molecule has 0 spiro atoms. The van der Waals surface area contributed by atoms with E-state index in [4.69, 9.17) is 12.2 Å². The smallest absolute Gasteiger partial charge is 0.266 e. The Morgan fingerprint density at radius 3 is 2.65 bits per heavy atom. The van der Waals surface area contributed by atoms with Crippen LogP contribution in [-0.2, 0) is 11.2 Å². The molecule has 0 radical (unpaired) electrons. The predicted octanol–water partition coefficient (Wildman–Crippen LogP) is 4.89. The molecule has 116 valence electrons. The fourth-order valence-corrected chi connectivity index (χ4v) is 4.05. The van der Waals surface area contributed by atoms with Crippen molar-refractivity contribution < 1.29 is 4.79 Å². The molecule has 0 atom stereocenters. The molecule has 1 heterocycles. The van der Waals surface area contributed by atoms with E-state index in [0.717, 1.165) is 16.5 Å². The van der Waals surface area contributed by atoms with Crippen LogP contribution in [0.4, 0.5) is 0 Å². The highest BCUT2D eigenvalue weighted by molar-refractivity contribution is 9.10. The molecule has 1 amide bonds. The van der Waals surface area contributed by atoms with Crippen LogP contribution in [0.1, 0.15) is 11.1 Å². The molecule has 0 aliphatic carbocycles. The summed E-state index contributed by atoms with van der Waals surface area (Å²) in [6, 6.07) is 18.0. The fourth-order valence-electron chi connectivity index (χ4n) is 2.33. The summed E-state index contributed by atoms with van der Waals surface area (Å²) in [7, 11) is 0. The lowest BCUT2D eigenvalue weighted by Crippen LogP contribution is -2.30. The van der Waals surface area contributed by atoms with E-state index in [9.17, 15) is 4.79 Å². The van der Waals surface area contributed by atoms with Gasteiger partial charge in [0.25, 0.3) is 5.91 Å². The third-order valence-corrected chi connectivity index (χ3v) is 5.36. The van der Waals surface area contributed by atoms with Gasteiger partial charge < -0.3 is 0 Å². The first kappa shape index (κ1) is 16.4. The fraction of sp³-hybridized carbons (Fsp3) is 0.111. The summed E-state index contributed by atoms with van der Waals surface area (Å²) in [4.78, 5) is 14.9. The van der Waals surface area contributed by atoms with Gasteiger partial charge in [-0.1, -0.05) is 82.4 Å². The zero-order valence-corrected chi connectivity index (χ0v) is 15.5. The number of amides is 1. The molecule has 0 bridgehead atoms. The van der Waals surface area contributed by atoms with Crippen LogP contribution in [-0.4, -0.2) is 21.7 Å². The van der Waals surface area contributed by atoms with E-state index in [2.05, 4.69) is 28.1 Å². The Morgan fingerprint density at radius 2 is 1.91 bits per heavy atom. The van der Waals surface area contributed by atoms with E-state index >= 15 is 0 Å². The second kappa shape index (κ2) is 7.43. The van der Waals surface area contributed by atoms with E-state index in [-0.39, 0.29) is 5.91 Å². The maximum absolute atomic E-state index is 12.6. The number of nitrogens with zero attached hydrogens (tertiary/aromatic N) is 1. The van der Waals surface area contributed by atoms with Crippen molar-refractivity contribution >= 4 is 56.2 Å². The second-order valence-corrected chi connectivity index (χ2v) is 7.72. The van der Waals surface area contributed by atoms with Crippen molar-refractivity contribution in [3.8, 4) is 0 Å². The standard InChI is InChI=1S/C18H14BrNOS2/c19-15-8-4-7-14(11-15)12-16-17(21)20(18(22)23-16)10-9-13-5-2-1-3-6-13/h1-8,11-12H,9-10H2/b16-12-. The summed E-state index contributed by atoms with van der Waals surface area (Å²) in [6.07, 6.45) is 2.70. The average molecular weight is 404 g/mol. The third-order valence-electron chi connectivity index (χ3n) is 3.49. The Hall–Kier alpha value is -1.43. The highest BCUT2D eigenvalue weighted by Gasteiger charge is 2.31. The summed E-state index contributed by atoms with van der Waals surface area (Å²) in [5.41, 5.74) is 2.19. The molecular formula is C18H14BrNOS2. The number of halogens is 1. The van der Waals surface area contributed by atoms with E-state index in [1.807, 2.05) is 48.5 Å². The van der Waals surface area contributed by atoms with Gasteiger partial charge in [0, 0.05) is 11.0 Å². The van der Waals surface area contributed by atoms with Gasteiger partial charge in [-0.25, -0.2) is 0 Å². The minimum atomic E-state index is -0.00379. The zero-order valence-electron chi connectivity index (χ0n) is 12.2. The molecule has 2 nitrogen and oxygen atoms in total. The van der Waals surface area contributed by atoms with Crippen LogP contribution in [0.2, 0.25) is 0 Å². The largest absolute Gasteiger partial charge is 0.293 e. The van der Waals surface area contributed by atoms with Crippen molar-refractivity contribution in [1.82, 2.24) is 4.90 Å². The molecule has 1 fully saturated rings. The Kier molecular flexibility index (Phi) is 5.30. The van der Waals surface area contributed by atoms with Gasteiger partial charge in [-0.05, 0) is 35.8 Å². The lowest BCUT2D eigenvalue weighted by Gasteiger charge is -2.14. The number of thioether (sulfide) groups is 1. The maximum atomic E-state index is 12.6. The van der Waals surface area contributed by atoms with Crippen molar-refractivity contribution in [1.29, 1.82) is 0 Å². The normalized spacial score (nSPS) is 16.4. The van der Waals surface area contributed by atoms with Crippen LogP contribution in [0.25, 0.3) is 6.08 Å². The molecule has 2 aromatic rings. The van der Waals surface area contributed by atoms with Crippen molar-refractivity contribution in [2.45, 2.75) is 6.42 Å². The highest BCUT2D eigenvalue weighted by Crippen LogP contribution is 2.32. The van der Waals surface area contributed by atoms with Gasteiger partial charge in [-0.2, -0.15) is 0 Å². The first-order valence-corrected chi connectivity index (χ1v) is 9.20. The first-order chi connectivity index (χ1) is 11.1. The van der Waals surface area contributed by atoms with Gasteiger partial charge in [-0.15, -0.1) is 0 Å². The SMILES string of the molecule is O=C1/C(=C/c2cccc(Br)c2)SC(=S)N1CCc1ccccc1. The molecular weight excluding hydrogens is 390 g/mol. The van der Waals surface area contributed by atoms with Crippen LogP contribution in [0.15, 0.2) is 64.0 Å². The van der Waals surface area contributed by atoms with E-state index in [1.165, 1.54) is 17.3 Å². The maximum Gasteiger partial charge on any atom is 0.266 e.